The molecule has 0 bridgehead atoms. The Kier molecular flexibility index (Phi) is 17.3. The van der Waals surface area contributed by atoms with E-state index in [2.05, 4.69) is 67.7 Å². The Bertz CT molecular complexity index is 555. The fourth-order valence-electron chi connectivity index (χ4n) is 2.03. The lowest BCUT2D eigenvalue weighted by Gasteiger charge is -1.92. The van der Waals surface area contributed by atoms with Crippen molar-refractivity contribution in [1.29, 1.82) is 0 Å². The largest absolute Gasteiger partial charge is 0.478 e. The van der Waals surface area contributed by atoms with Gasteiger partial charge in [0, 0.05) is 5.57 Å². The van der Waals surface area contributed by atoms with Crippen LogP contribution in [0.4, 0.5) is 0 Å². The van der Waals surface area contributed by atoms with Crippen molar-refractivity contribution in [3.05, 3.63) is 84.6 Å². The van der Waals surface area contributed by atoms with E-state index in [4.69, 9.17) is 5.11 Å². The van der Waals surface area contributed by atoms with Gasteiger partial charge in [-0.2, -0.15) is 0 Å². The van der Waals surface area contributed by atoms with E-state index in [-0.39, 0.29) is 0 Å². The molecule has 2 heteroatoms. The predicted molar refractivity (Wildman–Crippen MR) is 114 cm³/mol. The van der Waals surface area contributed by atoms with Crippen molar-refractivity contribution in [3.63, 3.8) is 0 Å². The second kappa shape index (κ2) is 19.0. The SMILES string of the molecule is CCC=CCC=CCC=CCC=CCC=CCC=CC=C(CC)C(=O)O. The summed E-state index contributed by atoms with van der Waals surface area (Å²) in [6.07, 6.45) is 33.6. The fourth-order valence-corrected chi connectivity index (χ4v) is 2.03. The van der Waals surface area contributed by atoms with Crippen LogP contribution in [-0.4, -0.2) is 11.1 Å². The monoisotopic (exact) mass is 354 g/mol. The molecule has 26 heavy (non-hydrogen) atoms. The number of aliphatic carboxylic acids is 1. The molecule has 0 spiro atoms. The molecule has 0 saturated carbocycles. The summed E-state index contributed by atoms with van der Waals surface area (Å²) in [4.78, 5) is 10.8. The second-order valence-electron chi connectivity index (χ2n) is 5.72. The van der Waals surface area contributed by atoms with E-state index in [0.717, 1.165) is 38.5 Å². The summed E-state index contributed by atoms with van der Waals surface area (Å²) in [7, 11) is 0. The summed E-state index contributed by atoms with van der Waals surface area (Å²) < 4.78 is 0. The Morgan fingerprint density at radius 2 is 1.04 bits per heavy atom. The van der Waals surface area contributed by atoms with Gasteiger partial charge in [-0.3, -0.25) is 0 Å². The summed E-state index contributed by atoms with van der Waals surface area (Å²) in [5, 5.41) is 8.88. The molecule has 0 saturated heterocycles. The third-order valence-electron chi connectivity index (χ3n) is 3.52. The molecule has 0 radical (unpaired) electrons. The van der Waals surface area contributed by atoms with Crippen LogP contribution in [0.15, 0.2) is 84.6 Å². The maximum absolute atomic E-state index is 10.8. The molecule has 0 aliphatic rings. The van der Waals surface area contributed by atoms with Crippen LogP contribution >= 0.6 is 0 Å². The van der Waals surface area contributed by atoms with E-state index in [1.807, 2.05) is 19.1 Å². The van der Waals surface area contributed by atoms with Crippen LogP contribution in [0.25, 0.3) is 0 Å². The molecule has 2 nitrogen and oxygen atoms in total. The summed E-state index contributed by atoms with van der Waals surface area (Å²) in [6.45, 7) is 3.99. The topological polar surface area (TPSA) is 37.3 Å². The van der Waals surface area contributed by atoms with Crippen LogP contribution in [0.5, 0.6) is 0 Å². The smallest absolute Gasteiger partial charge is 0.331 e. The first-order chi connectivity index (χ1) is 12.7. The van der Waals surface area contributed by atoms with Gasteiger partial charge in [0.25, 0.3) is 0 Å². The summed E-state index contributed by atoms with van der Waals surface area (Å²) in [6, 6.07) is 0. The molecule has 0 heterocycles. The van der Waals surface area contributed by atoms with Crippen molar-refractivity contribution in [3.8, 4) is 0 Å². The average Bonchev–Trinajstić information content (AvgIpc) is 2.63. The molecule has 0 unspecified atom stereocenters. The first-order valence-electron chi connectivity index (χ1n) is 9.56. The number of rotatable bonds is 14. The van der Waals surface area contributed by atoms with Gasteiger partial charge < -0.3 is 5.11 Å². The van der Waals surface area contributed by atoms with Crippen LogP contribution in [-0.2, 0) is 4.79 Å². The number of carboxylic acids is 1. The normalized spacial score (nSPS) is 13.7. The van der Waals surface area contributed by atoms with E-state index in [9.17, 15) is 4.79 Å². The van der Waals surface area contributed by atoms with Gasteiger partial charge in [-0.1, -0.05) is 92.8 Å². The van der Waals surface area contributed by atoms with Gasteiger partial charge in [0.15, 0.2) is 0 Å². The third-order valence-corrected chi connectivity index (χ3v) is 3.52. The fraction of sp³-hybridized carbons (Fsp3) is 0.375. The van der Waals surface area contributed by atoms with Gasteiger partial charge in [0.05, 0.1) is 0 Å². The minimum Gasteiger partial charge on any atom is -0.478 e. The van der Waals surface area contributed by atoms with Gasteiger partial charge in [0.2, 0.25) is 0 Å². The second-order valence-corrected chi connectivity index (χ2v) is 5.72. The minimum atomic E-state index is -0.841. The zero-order valence-corrected chi connectivity index (χ0v) is 16.3. The van der Waals surface area contributed by atoms with Crippen molar-refractivity contribution in [1.82, 2.24) is 0 Å². The lowest BCUT2D eigenvalue weighted by Crippen LogP contribution is -1.97. The highest BCUT2D eigenvalue weighted by Crippen LogP contribution is 2.01. The lowest BCUT2D eigenvalue weighted by atomic mass is 10.2. The van der Waals surface area contributed by atoms with Gasteiger partial charge in [-0.15, -0.1) is 0 Å². The maximum atomic E-state index is 10.8. The zero-order chi connectivity index (χ0) is 19.3. The Morgan fingerprint density at radius 1 is 0.654 bits per heavy atom. The highest BCUT2D eigenvalue weighted by Gasteiger charge is 2.00. The van der Waals surface area contributed by atoms with Crippen LogP contribution in [0.2, 0.25) is 0 Å². The lowest BCUT2D eigenvalue weighted by molar-refractivity contribution is -0.132. The molecule has 0 aliphatic carbocycles. The molecular weight excluding hydrogens is 320 g/mol. The van der Waals surface area contributed by atoms with Gasteiger partial charge in [-0.25, -0.2) is 4.79 Å². The molecule has 0 aromatic carbocycles. The van der Waals surface area contributed by atoms with Crippen molar-refractivity contribution in [2.24, 2.45) is 0 Å². The van der Waals surface area contributed by atoms with E-state index in [0.29, 0.717) is 12.0 Å². The summed E-state index contributed by atoms with van der Waals surface area (Å²) in [5.41, 5.74) is 0.435. The van der Waals surface area contributed by atoms with Crippen molar-refractivity contribution in [2.45, 2.75) is 58.8 Å². The quantitative estimate of drug-likeness (QED) is 0.205. The molecule has 0 rings (SSSR count). The summed E-state index contributed by atoms with van der Waals surface area (Å²) >= 11 is 0. The predicted octanol–water partition coefficient (Wildman–Crippen LogP) is 7.11. The van der Waals surface area contributed by atoms with Crippen molar-refractivity contribution >= 4 is 5.97 Å². The highest BCUT2D eigenvalue weighted by molar-refractivity contribution is 5.86. The van der Waals surface area contributed by atoms with E-state index >= 15 is 0 Å². The number of carboxylic acid groups (broad SMARTS) is 1. The molecule has 0 aromatic rings. The molecule has 0 amide bonds. The average molecular weight is 355 g/mol. The highest BCUT2D eigenvalue weighted by atomic mass is 16.4. The number of allylic oxidation sites excluding steroid dienone is 13. The Morgan fingerprint density at radius 3 is 1.38 bits per heavy atom. The van der Waals surface area contributed by atoms with Crippen LogP contribution in [0.1, 0.15) is 58.8 Å². The summed E-state index contributed by atoms with van der Waals surface area (Å²) in [5.74, 6) is -0.841. The van der Waals surface area contributed by atoms with Gasteiger partial charge in [0.1, 0.15) is 0 Å². The Balaban J connectivity index is 3.74. The van der Waals surface area contributed by atoms with E-state index in [1.165, 1.54) is 0 Å². The minimum absolute atomic E-state index is 0.435. The zero-order valence-electron chi connectivity index (χ0n) is 16.3. The third kappa shape index (κ3) is 16.5. The van der Waals surface area contributed by atoms with Crippen molar-refractivity contribution in [2.75, 3.05) is 0 Å². The van der Waals surface area contributed by atoms with Crippen LogP contribution in [0, 0.1) is 0 Å². The number of hydrogen-bond donors (Lipinski definition) is 1. The molecular formula is C24H34O2. The molecule has 0 atom stereocenters. The molecule has 1 N–H and O–H groups in total. The number of hydrogen-bond acceptors (Lipinski definition) is 1. The standard InChI is InChI=1S/C24H34O2/c1-3-5-6-7-8-9-10-11-12-13-14-15-16-17-18-19-20-21-22-23(4-2)24(25)26/h5-6,8-9,11-12,14-15,17-18,20-22H,3-4,7,10,13,16,19H2,1-2H3,(H,25,26). The Hall–Kier alpha value is -2.35. The molecule has 0 aromatic heterocycles. The molecule has 0 aliphatic heterocycles. The first kappa shape index (κ1) is 23.6. The Labute approximate surface area is 159 Å². The van der Waals surface area contributed by atoms with Crippen molar-refractivity contribution < 1.29 is 9.90 Å². The molecule has 142 valence electrons. The van der Waals surface area contributed by atoms with Gasteiger partial charge in [-0.05, 0) is 44.9 Å². The molecule has 0 fully saturated rings. The van der Waals surface area contributed by atoms with E-state index in [1.54, 1.807) is 6.08 Å². The number of carbonyl (C=O) groups is 1. The first-order valence-corrected chi connectivity index (χ1v) is 9.56. The van der Waals surface area contributed by atoms with E-state index < -0.39 is 5.97 Å². The van der Waals surface area contributed by atoms with Crippen LogP contribution < -0.4 is 0 Å². The van der Waals surface area contributed by atoms with Gasteiger partial charge >= 0.3 is 5.97 Å². The van der Waals surface area contributed by atoms with Crippen LogP contribution in [0.3, 0.4) is 0 Å². The maximum Gasteiger partial charge on any atom is 0.331 e.